The third-order valence-corrected chi connectivity index (χ3v) is 5.61. The van der Waals surface area contributed by atoms with Crippen LogP contribution in [0.15, 0.2) is 58.1 Å². The summed E-state index contributed by atoms with van der Waals surface area (Å²) in [5, 5.41) is 7.32. The predicted octanol–water partition coefficient (Wildman–Crippen LogP) is 5.36. The molecule has 0 fully saturated rings. The van der Waals surface area contributed by atoms with Gasteiger partial charge in [-0.1, -0.05) is 51.8 Å². The van der Waals surface area contributed by atoms with Crippen LogP contribution in [0.1, 0.15) is 30.5 Å². The molecule has 0 unspecified atom stereocenters. The van der Waals surface area contributed by atoms with Gasteiger partial charge in [-0.3, -0.25) is 4.79 Å². The first-order chi connectivity index (χ1) is 13.5. The quantitative estimate of drug-likeness (QED) is 0.497. The van der Waals surface area contributed by atoms with Crippen molar-refractivity contribution in [3.05, 3.63) is 69.3 Å². The molecule has 142 valence electrons. The van der Waals surface area contributed by atoms with Gasteiger partial charge in [0, 0.05) is 28.8 Å². The Labute approximate surface area is 176 Å². The van der Waals surface area contributed by atoms with Gasteiger partial charge < -0.3 is 4.74 Å². The molecule has 2 aromatic carbocycles. The number of pyridine rings is 1. The van der Waals surface area contributed by atoms with Crippen LogP contribution in [0.25, 0.3) is 10.9 Å². The summed E-state index contributed by atoms with van der Waals surface area (Å²) in [6.45, 7) is 1.51. The molecule has 1 amide bonds. The molecule has 5 nitrogen and oxygen atoms in total. The molecule has 28 heavy (non-hydrogen) atoms. The molecule has 0 radical (unpaired) electrons. The lowest BCUT2D eigenvalue weighted by molar-refractivity contribution is -0.130. The highest BCUT2D eigenvalue weighted by molar-refractivity contribution is 9.10. The molecule has 4 rings (SSSR count). The van der Waals surface area contributed by atoms with E-state index in [2.05, 4.69) is 26.0 Å². The Hall–Kier alpha value is -2.44. The van der Waals surface area contributed by atoms with E-state index in [0.717, 1.165) is 26.7 Å². The number of nitrogens with zero attached hydrogens (tertiary/aromatic N) is 3. The van der Waals surface area contributed by atoms with Crippen LogP contribution in [-0.2, 0) is 4.79 Å². The Morgan fingerprint density at radius 2 is 2.00 bits per heavy atom. The van der Waals surface area contributed by atoms with Crippen LogP contribution in [-0.4, -0.2) is 28.7 Å². The smallest absolute Gasteiger partial charge is 0.240 e. The van der Waals surface area contributed by atoms with Crippen LogP contribution in [0, 0.1) is 0 Å². The number of benzene rings is 2. The second-order valence-corrected chi connectivity index (χ2v) is 7.81. The van der Waals surface area contributed by atoms with E-state index in [-0.39, 0.29) is 11.9 Å². The van der Waals surface area contributed by atoms with E-state index in [1.54, 1.807) is 7.11 Å². The number of hydrazone groups is 1. The summed E-state index contributed by atoms with van der Waals surface area (Å²) in [6, 6.07) is 15.2. The van der Waals surface area contributed by atoms with Gasteiger partial charge in [0.05, 0.1) is 18.9 Å². The second-order valence-electron chi connectivity index (χ2n) is 6.54. The molecular weight excluding hydrogens is 442 g/mol. The second kappa shape index (κ2) is 7.53. The van der Waals surface area contributed by atoms with Gasteiger partial charge in [0.25, 0.3) is 0 Å². The van der Waals surface area contributed by atoms with Crippen molar-refractivity contribution in [1.82, 2.24) is 9.99 Å². The first-order valence-corrected chi connectivity index (χ1v) is 9.91. The van der Waals surface area contributed by atoms with Crippen LogP contribution < -0.4 is 4.74 Å². The Balaban J connectivity index is 1.77. The van der Waals surface area contributed by atoms with Gasteiger partial charge in [-0.25, -0.2) is 9.99 Å². The molecular formula is C21H17BrClN3O2. The fourth-order valence-corrected chi connectivity index (χ4v) is 3.95. The zero-order valence-electron chi connectivity index (χ0n) is 15.3. The molecule has 0 saturated heterocycles. The minimum absolute atomic E-state index is 0.140. The maximum absolute atomic E-state index is 12.3. The number of hydrogen-bond acceptors (Lipinski definition) is 4. The third kappa shape index (κ3) is 3.38. The minimum atomic E-state index is -0.299. The summed E-state index contributed by atoms with van der Waals surface area (Å²) in [5.41, 5.74) is 3.28. The average molecular weight is 459 g/mol. The largest absolute Gasteiger partial charge is 0.494 e. The molecule has 1 aliphatic heterocycles. The third-order valence-electron chi connectivity index (χ3n) is 4.78. The van der Waals surface area contributed by atoms with Gasteiger partial charge in [-0.05, 0) is 29.8 Å². The van der Waals surface area contributed by atoms with E-state index in [1.165, 1.54) is 11.9 Å². The molecule has 0 N–H and O–H groups in total. The van der Waals surface area contributed by atoms with Crippen LogP contribution in [0.5, 0.6) is 5.75 Å². The van der Waals surface area contributed by atoms with Crippen molar-refractivity contribution in [1.29, 1.82) is 0 Å². The molecule has 0 saturated carbocycles. The number of fused-ring (bicyclic) bond motifs is 1. The number of methoxy groups -OCH3 is 1. The fraction of sp³-hybridized carbons (Fsp3) is 0.190. The molecule has 1 atom stereocenters. The highest BCUT2D eigenvalue weighted by atomic mass is 79.9. The summed E-state index contributed by atoms with van der Waals surface area (Å²) in [4.78, 5) is 16.8. The normalized spacial score (nSPS) is 16.4. The van der Waals surface area contributed by atoms with Crippen LogP contribution >= 0.6 is 27.5 Å². The van der Waals surface area contributed by atoms with E-state index in [1.807, 2.05) is 48.5 Å². The van der Waals surface area contributed by atoms with Crippen molar-refractivity contribution in [2.24, 2.45) is 5.10 Å². The first kappa shape index (κ1) is 18.9. The number of hydrogen-bond donors (Lipinski definition) is 0. The summed E-state index contributed by atoms with van der Waals surface area (Å²) in [5.74, 6) is 0.520. The molecule has 0 spiro atoms. The Bertz CT molecular complexity index is 1100. The lowest BCUT2D eigenvalue weighted by Crippen LogP contribution is -2.24. The SMILES string of the molecule is COc1cccc2cc([C@@H]3CC(c4ccc(Br)cc4)=NN3C(C)=O)c(Cl)nc12. The van der Waals surface area contributed by atoms with Gasteiger partial charge in [-0.2, -0.15) is 5.10 Å². The number of rotatable bonds is 3. The van der Waals surface area contributed by atoms with E-state index in [0.29, 0.717) is 22.8 Å². The number of ether oxygens (including phenoxy) is 1. The number of halogens is 2. The van der Waals surface area contributed by atoms with Gasteiger partial charge in [0.2, 0.25) is 5.91 Å². The van der Waals surface area contributed by atoms with Gasteiger partial charge in [0.1, 0.15) is 16.4 Å². The molecule has 0 bridgehead atoms. The number of para-hydroxylation sites is 1. The molecule has 3 aromatic rings. The van der Waals surface area contributed by atoms with Crippen molar-refractivity contribution in [3.8, 4) is 5.75 Å². The zero-order chi connectivity index (χ0) is 19.8. The van der Waals surface area contributed by atoms with Crippen molar-refractivity contribution in [3.63, 3.8) is 0 Å². The maximum Gasteiger partial charge on any atom is 0.240 e. The van der Waals surface area contributed by atoms with Crippen molar-refractivity contribution < 1.29 is 9.53 Å². The van der Waals surface area contributed by atoms with E-state index < -0.39 is 0 Å². The Morgan fingerprint density at radius 3 is 2.68 bits per heavy atom. The minimum Gasteiger partial charge on any atom is -0.494 e. The summed E-state index contributed by atoms with van der Waals surface area (Å²) in [7, 11) is 1.60. The highest BCUT2D eigenvalue weighted by Crippen LogP contribution is 2.38. The highest BCUT2D eigenvalue weighted by Gasteiger charge is 2.33. The van der Waals surface area contributed by atoms with Crippen LogP contribution in [0.4, 0.5) is 0 Å². The van der Waals surface area contributed by atoms with Crippen molar-refractivity contribution in [2.45, 2.75) is 19.4 Å². The Kier molecular flexibility index (Phi) is 5.08. The standard InChI is InChI=1S/C21H17BrClN3O2/c1-12(27)26-18(11-17(25-26)13-6-8-15(22)9-7-13)16-10-14-4-3-5-19(28-2)20(14)24-21(16)23/h3-10,18H,11H2,1-2H3/t18-/m0/s1. The lowest BCUT2D eigenvalue weighted by atomic mass is 9.98. The number of amides is 1. The number of carbonyl (C=O) groups is 1. The van der Waals surface area contributed by atoms with Gasteiger partial charge in [-0.15, -0.1) is 0 Å². The lowest BCUT2D eigenvalue weighted by Gasteiger charge is -2.21. The molecule has 1 aromatic heterocycles. The first-order valence-electron chi connectivity index (χ1n) is 8.74. The molecule has 0 aliphatic carbocycles. The maximum atomic E-state index is 12.3. The van der Waals surface area contributed by atoms with Gasteiger partial charge >= 0.3 is 0 Å². The van der Waals surface area contributed by atoms with Crippen LogP contribution in [0.3, 0.4) is 0 Å². The topological polar surface area (TPSA) is 54.8 Å². The van der Waals surface area contributed by atoms with Crippen molar-refractivity contribution >= 4 is 50.1 Å². The number of aromatic nitrogens is 1. The van der Waals surface area contributed by atoms with E-state index >= 15 is 0 Å². The summed E-state index contributed by atoms with van der Waals surface area (Å²) >= 11 is 9.98. The monoisotopic (exact) mass is 457 g/mol. The van der Waals surface area contributed by atoms with E-state index in [4.69, 9.17) is 16.3 Å². The molecule has 2 heterocycles. The fourth-order valence-electron chi connectivity index (χ4n) is 3.42. The Morgan fingerprint density at radius 1 is 1.25 bits per heavy atom. The van der Waals surface area contributed by atoms with Crippen molar-refractivity contribution in [2.75, 3.05) is 7.11 Å². The molecule has 1 aliphatic rings. The zero-order valence-corrected chi connectivity index (χ0v) is 17.7. The predicted molar refractivity (Wildman–Crippen MR) is 114 cm³/mol. The van der Waals surface area contributed by atoms with E-state index in [9.17, 15) is 4.79 Å². The van der Waals surface area contributed by atoms with Gasteiger partial charge in [0.15, 0.2) is 0 Å². The summed E-state index contributed by atoms with van der Waals surface area (Å²) in [6.07, 6.45) is 0.568. The van der Waals surface area contributed by atoms with Crippen LogP contribution in [0.2, 0.25) is 5.15 Å². The summed E-state index contributed by atoms with van der Waals surface area (Å²) < 4.78 is 6.37. The average Bonchev–Trinajstić information content (AvgIpc) is 3.13. The molecule has 7 heteroatoms. The number of carbonyl (C=O) groups excluding carboxylic acids is 1.